The third-order valence-corrected chi connectivity index (χ3v) is 1.47. The molecule has 4 heteroatoms. The van der Waals surface area contributed by atoms with Crippen molar-refractivity contribution in [1.29, 1.82) is 0 Å². The van der Waals surface area contributed by atoms with Crippen molar-refractivity contribution < 1.29 is 14.7 Å². The van der Waals surface area contributed by atoms with Crippen LogP contribution in [0.2, 0.25) is 0 Å². The highest BCUT2D eigenvalue weighted by molar-refractivity contribution is 5.85. The van der Waals surface area contributed by atoms with Crippen molar-refractivity contribution in [2.24, 2.45) is 11.7 Å². The summed E-state index contributed by atoms with van der Waals surface area (Å²) in [6.07, 6.45) is 0. The van der Waals surface area contributed by atoms with Crippen molar-refractivity contribution in [3.05, 3.63) is 0 Å². The van der Waals surface area contributed by atoms with Gasteiger partial charge in [-0.15, -0.1) is 0 Å². The largest absolute Gasteiger partial charge is 0.480 e. The Labute approximate surface area is 59.0 Å². The summed E-state index contributed by atoms with van der Waals surface area (Å²) in [6, 6.07) is -1.07. The molecule has 0 radical (unpaired) electrons. The predicted octanol–water partition coefficient (Wildman–Crippen LogP) is -0.377. The summed E-state index contributed by atoms with van der Waals surface area (Å²) >= 11 is 0. The molecule has 0 aliphatic carbocycles. The van der Waals surface area contributed by atoms with Gasteiger partial charge in [-0.05, 0) is 6.92 Å². The number of carbonyl (C=O) groups excluding carboxylic acids is 1. The lowest BCUT2D eigenvalue weighted by Gasteiger charge is -2.11. The summed E-state index contributed by atoms with van der Waals surface area (Å²) in [4.78, 5) is 20.7. The van der Waals surface area contributed by atoms with Crippen LogP contribution in [0.5, 0.6) is 0 Å². The molecule has 3 N–H and O–H groups in total. The fourth-order valence-corrected chi connectivity index (χ4v) is 0.467. The van der Waals surface area contributed by atoms with Gasteiger partial charge in [0.2, 0.25) is 0 Å². The molecule has 0 spiro atoms. The standard InChI is InChI=1S/C6H11NO3/c1-3(4(2)8)5(7)6(9)10/h3,5H,7H2,1-2H3,(H,9,10)/t3?,5-/m0/s1. The maximum atomic E-state index is 10.5. The number of hydrogen-bond donors (Lipinski definition) is 2. The molecule has 0 rings (SSSR count). The van der Waals surface area contributed by atoms with Gasteiger partial charge in [-0.25, -0.2) is 0 Å². The second kappa shape index (κ2) is 3.31. The van der Waals surface area contributed by atoms with Gasteiger partial charge < -0.3 is 10.8 Å². The van der Waals surface area contributed by atoms with E-state index in [0.29, 0.717) is 0 Å². The number of nitrogens with two attached hydrogens (primary N) is 1. The monoisotopic (exact) mass is 145 g/mol. The Morgan fingerprint density at radius 2 is 1.90 bits per heavy atom. The Balaban J connectivity index is 4.07. The summed E-state index contributed by atoms with van der Waals surface area (Å²) in [5, 5.41) is 8.32. The van der Waals surface area contributed by atoms with E-state index in [9.17, 15) is 9.59 Å². The molecule has 4 nitrogen and oxygen atoms in total. The Morgan fingerprint density at radius 3 is 2.00 bits per heavy atom. The Hall–Kier alpha value is -0.900. The number of carbonyl (C=O) groups is 2. The van der Waals surface area contributed by atoms with Crippen molar-refractivity contribution in [1.82, 2.24) is 0 Å². The molecule has 10 heavy (non-hydrogen) atoms. The van der Waals surface area contributed by atoms with Gasteiger partial charge in [0.15, 0.2) is 0 Å². The molecule has 0 fully saturated rings. The Kier molecular flexibility index (Phi) is 3.02. The topological polar surface area (TPSA) is 80.4 Å². The van der Waals surface area contributed by atoms with E-state index in [-0.39, 0.29) is 5.78 Å². The van der Waals surface area contributed by atoms with Crippen LogP contribution in [0.4, 0.5) is 0 Å². The van der Waals surface area contributed by atoms with E-state index in [1.54, 1.807) is 0 Å². The number of ketones is 1. The van der Waals surface area contributed by atoms with Crippen LogP contribution in [0.1, 0.15) is 13.8 Å². The first-order chi connectivity index (χ1) is 4.46. The molecule has 1 unspecified atom stereocenters. The summed E-state index contributed by atoms with van der Waals surface area (Å²) in [5.74, 6) is -1.94. The van der Waals surface area contributed by atoms with Crippen molar-refractivity contribution in [3.63, 3.8) is 0 Å². The van der Waals surface area contributed by atoms with Crippen LogP contribution in [0.15, 0.2) is 0 Å². The van der Waals surface area contributed by atoms with Crippen molar-refractivity contribution in [2.45, 2.75) is 19.9 Å². The van der Waals surface area contributed by atoms with Crippen molar-refractivity contribution in [2.75, 3.05) is 0 Å². The number of aliphatic carboxylic acids is 1. The van der Waals surface area contributed by atoms with Crippen LogP contribution in [0, 0.1) is 5.92 Å². The maximum absolute atomic E-state index is 10.5. The predicted molar refractivity (Wildman–Crippen MR) is 35.5 cm³/mol. The lowest BCUT2D eigenvalue weighted by Crippen LogP contribution is -2.39. The van der Waals surface area contributed by atoms with Gasteiger partial charge in [0, 0.05) is 5.92 Å². The molecule has 0 aliphatic rings. The SMILES string of the molecule is CC(=O)C(C)[C@H](N)C(=O)O. The zero-order valence-electron chi connectivity index (χ0n) is 6.00. The lowest BCUT2D eigenvalue weighted by molar-refractivity contribution is -0.141. The molecule has 58 valence electrons. The molecule has 0 bridgehead atoms. The molecular weight excluding hydrogens is 134 g/mol. The summed E-state index contributed by atoms with van der Waals surface area (Å²) < 4.78 is 0. The summed E-state index contributed by atoms with van der Waals surface area (Å²) in [7, 11) is 0. The van der Waals surface area contributed by atoms with E-state index in [1.165, 1.54) is 13.8 Å². The molecule has 0 aromatic heterocycles. The minimum atomic E-state index is -1.14. The first kappa shape index (κ1) is 9.10. The quantitative estimate of drug-likeness (QED) is 0.567. The summed E-state index contributed by atoms with van der Waals surface area (Å²) in [6.45, 7) is 2.83. The van der Waals surface area contributed by atoms with E-state index >= 15 is 0 Å². The van der Waals surface area contributed by atoms with Gasteiger partial charge in [0.1, 0.15) is 11.8 Å². The Bertz CT molecular complexity index is 137. The van der Waals surface area contributed by atoms with Gasteiger partial charge in [-0.1, -0.05) is 6.92 Å². The third-order valence-electron chi connectivity index (χ3n) is 1.47. The van der Waals surface area contributed by atoms with E-state index in [0.717, 1.165) is 0 Å². The van der Waals surface area contributed by atoms with Crippen molar-refractivity contribution >= 4 is 11.8 Å². The van der Waals surface area contributed by atoms with Crippen LogP contribution >= 0.6 is 0 Å². The second-order valence-electron chi connectivity index (χ2n) is 2.26. The highest BCUT2D eigenvalue weighted by atomic mass is 16.4. The fraction of sp³-hybridized carbons (Fsp3) is 0.667. The molecule has 0 aliphatic heterocycles. The maximum Gasteiger partial charge on any atom is 0.321 e. The fourth-order valence-electron chi connectivity index (χ4n) is 0.467. The van der Waals surface area contributed by atoms with E-state index in [1.807, 2.05) is 0 Å². The molecular formula is C6H11NO3. The second-order valence-corrected chi connectivity index (χ2v) is 2.26. The van der Waals surface area contributed by atoms with Crippen LogP contribution < -0.4 is 5.73 Å². The number of rotatable bonds is 3. The van der Waals surface area contributed by atoms with Gasteiger partial charge in [-0.3, -0.25) is 9.59 Å². The van der Waals surface area contributed by atoms with Crippen LogP contribution in [-0.2, 0) is 9.59 Å². The normalized spacial score (nSPS) is 15.9. The lowest BCUT2D eigenvalue weighted by atomic mass is 9.99. The van der Waals surface area contributed by atoms with E-state index in [2.05, 4.69) is 0 Å². The van der Waals surface area contributed by atoms with Crippen LogP contribution in [0.3, 0.4) is 0 Å². The zero-order valence-corrected chi connectivity index (χ0v) is 6.00. The molecule has 0 aromatic rings. The van der Waals surface area contributed by atoms with Crippen LogP contribution in [0.25, 0.3) is 0 Å². The van der Waals surface area contributed by atoms with Crippen LogP contribution in [-0.4, -0.2) is 22.9 Å². The van der Waals surface area contributed by atoms with Gasteiger partial charge in [-0.2, -0.15) is 0 Å². The first-order valence-electron chi connectivity index (χ1n) is 2.95. The molecule has 0 saturated carbocycles. The molecule has 0 aromatic carbocycles. The third kappa shape index (κ3) is 2.14. The Morgan fingerprint density at radius 1 is 1.50 bits per heavy atom. The van der Waals surface area contributed by atoms with Gasteiger partial charge in [0.05, 0.1) is 0 Å². The minimum Gasteiger partial charge on any atom is -0.480 e. The van der Waals surface area contributed by atoms with E-state index in [4.69, 9.17) is 10.8 Å². The molecule has 0 saturated heterocycles. The molecule has 0 amide bonds. The molecule has 0 heterocycles. The smallest absolute Gasteiger partial charge is 0.321 e. The van der Waals surface area contributed by atoms with Gasteiger partial charge in [0.25, 0.3) is 0 Å². The number of Topliss-reactive ketones (excluding diaryl/α,β-unsaturated/α-hetero) is 1. The minimum absolute atomic E-state index is 0.199. The number of carboxylic acids is 1. The highest BCUT2D eigenvalue weighted by Gasteiger charge is 2.22. The average molecular weight is 145 g/mol. The number of carboxylic acid groups (broad SMARTS) is 1. The highest BCUT2D eigenvalue weighted by Crippen LogP contribution is 2.00. The summed E-state index contributed by atoms with van der Waals surface area (Å²) in [5.41, 5.74) is 5.14. The van der Waals surface area contributed by atoms with Crippen molar-refractivity contribution in [3.8, 4) is 0 Å². The number of hydrogen-bond acceptors (Lipinski definition) is 3. The molecule has 2 atom stereocenters. The van der Waals surface area contributed by atoms with Gasteiger partial charge >= 0.3 is 5.97 Å². The zero-order chi connectivity index (χ0) is 8.31. The first-order valence-corrected chi connectivity index (χ1v) is 2.95. The van der Waals surface area contributed by atoms with E-state index < -0.39 is 17.9 Å². The average Bonchev–Trinajstić information content (AvgIpc) is 1.84.